The lowest BCUT2D eigenvalue weighted by Gasteiger charge is -2.19. The molecule has 0 atom stereocenters. The number of hydrogen-bond donors (Lipinski definition) is 4. The number of rotatable bonds is 11. The second kappa shape index (κ2) is 12.7. The van der Waals surface area contributed by atoms with Gasteiger partial charge in [-0.3, -0.25) is 5.41 Å². The maximum Gasteiger partial charge on any atom is 0.416 e. The van der Waals surface area contributed by atoms with E-state index < -0.39 is 23.5 Å². The quantitative estimate of drug-likeness (QED) is 0.100. The van der Waals surface area contributed by atoms with E-state index in [1.54, 1.807) is 12.1 Å². The van der Waals surface area contributed by atoms with Crippen molar-refractivity contribution in [1.29, 1.82) is 5.41 Å². The summed E-state index contributed by atoms with van der Waals surface area (Å²) in [5, 5.41) is 9.87. The molecule has 6 nitrogen and oxygen atoms in total. The third-order valence-electron chi connectivity index (χ3n) is 5.63. The molecule has 3 aromatic rings. The van der Waals surface area contributed by atoms with E-state index >= 15 is 0 Å². The zero-order valence-electron chi connectivity index (χ0n) is 20.8. The van der Waals surface area contributed by atoms with E-state index in [2.05, 4.69) is 5.32 Å². The van der Waals surface area contributed by atoms with Gasteiger partial charge in [-0.2, -0.15) is 26.3 Å². The summed E-state index contributed by atoms with van der Waals surface area (Å²) >= 11 is 0. The SMILES string of the molecule is N=C(N)NCCCOc1cc(OCCCN)c(-c2ccc(C(F)(F)F)cc2)cc1-c1ccc(C(F)(F)F)cc1. The average Bonchev–Trinajstić information content (AvgIpc) is 2.87. The average molecular weight is 555 g/mol. The van der Waals surface area contributed by atoms with E-state index in [9.17, 15) is 26.3 Å². The number of alkyl halides is 6. The largest absolute Gasteiger partial charge is 0.493 e. The molecule has 0 aliphatic heterocycles. The van der Waals surface area contributed by atoms with Crippen LogP contribution in [0.1, 0.15) is 24.0 Å². The molecule has 0 aliphatic carbocycles. The molecule has 0 aliphatic rings. The standard InChI is InChI=1S/C27H28F6N4O2/c28-26(29,30)19-7-3-17(4-8-19)21-15-22(18-5-9-20(10-6-18)27(31,32)33)24(16-23(21)38-13-1-11-34)39-14-2-12-37-25(35)36/h3-10,15-16H,1-2,11-14,34H2,(H4,35,36,37). The Labute approximate surface area is 221 Å². The summed E-state index contributed by atoms with van der Waals surface area (Å²) in [5.74, 6) is 0.420. The van der Waals surface area contributed by atoms with Gasteiger partial charge in [-0.05, 0) is 60.8 Å². The molecule has 0 unspecified atom stereocenters. The molecule has 3 rings (SSSR count). The fourth-order valence-corrected chi connectivity index (χ4v) is 3.67. The van der Waals surface area contributed by atoms with Gasteiger partial charge in [0.1, 0.15) is 11.5 Å². The summed E-state index contributed by atoms with van der Waals surface area (Å²) < 4.78 is 90.6. The van der Waals surface area contributed by atoms with E-state index in [0.717, 1.165) is 24.3 Å². The molecule has 3 aromatic carbocycles. The lowest BCUT2D eigenvalue weighted by atomic mass is 9.95. The minimum absolute atomic E-state index is 0.176. The van der Waals surface area contributed by atoms with Crippen LogP contribution in [0.25, 0.3) is 22.3 Å². The fourth-order valence-electron chi connectivity index (χ4n) is 3.67. The predicted octanol–water partition coefficient (Wildman–Crippen LogP) is 6.04. The zero-order valence-corrected chi connectivity index (χ0v) is 20.8. The van der Waals surface area contributed by atoms with Crippen LogP contribution in [-0.2, 0) is 12.4 Å². The molecular weight excluding hydrogens is 526 g/mol. The van der Waals surface area contributed by atoms with E-state index in [0.29, 0.717) is 59.7 Å². The Kier molecular flexibility index (Phi) is 9.68. The van der Waals surface area contributed by atoms with Gasteiger partial charge in [0.15, 0.2) is 5.96 Å². The van der Waals surface area contributed by atoms with Gasteiger partial charge in [0.05, 0.1) is 24.3 Å². The molecule has 6 N–H and O–H groups in total. The van der Waals surface area contributed by atoms with Crippen LogP contribution < -0.4 is 26.3 Å². The van der Waals surface area contributed by atoms with Crippen LogP contribution in [0.15, 0.2) is 60.7 Å². The van der Waals surface area contributed by atoms with Gasteiger partial charge in [0, 0.05) is 23.7 Å². The van der Waals surface area contributed by atoms with Crippen molar-refractivity contribution in [2.24, 2.45) is 11.5 Å². The predicted molar refractivity (Wildman–Crippen MR) is 137 cm³/mol. The number of halogens is 6. The molecule has 0 fully saturated rings. The van der Waals surface area contributed by atoms with Gasteiger partial charge >= 0.3 is 12.4 Å². The Morgan fingerprint density at radius 3 is 1.54 bits per heavy atom. The number of nitrogens with two attached hydrogens (primary N) is 2. The van der Waals surface area contributed by atoms with Crippen LogP contribution in [0.3, 0.4) is 0 Å². The molecule has 0 saturated carbocycles. The lowest BCUT2D eigenvalue weighted by molar-refractivity contribution is -0.138. The summed E-state index contributed by atoms with van der Waals surface area (Å²) in [6.07, 6.45) is -8.07. The topological polar surface area (TPSA) is 106 Å². The third-order valence-corrected chi connectivity index (χ3v) is 5.63. The van der Waals surface area contributed by atoms with Gasteiger partial charge < -0.3 is 26.3 Å². The smallest absolute Gasteiger partial charge is 0.416 e. The zero-order chi connectivity index (χ0) is 28.6. The molecule has 0 aromatic heterocycles. The van der Waals surface area contributed by atoms with Crippen LogP contribution in [0.2, 0.25) is 0 Å². The highest BCUT2D eigenvalue weighted by molar-refractivity contribution is 5.82. The number of benzene rings is 3. The molecule has 0 heterocycles. The van der Waals surface area contributed by atoms with Crippen molar-refractivity contribution in [1.82, 2.24) is 5.32 Å². The van der Waals surface area contributed by atoms with Crippen LogP contribution in [0.5, 0.6) is 11.5 Å². The van der Waals surface area contributed by atoms with Crippen LogP contribution in [0, 0.1) is 5.41 Å². The molecule has 210 valence electrons. The third kappa shape index (κ3) is 8.28. The van der Waals surface area contributed by atoms with Crippen molar-refractivity contribution >= 4 is 5.96 Å². The highest BCUT2D eigenvalue weighted by Gasteiger charge is 2.31. The van der Waals surface area contributed by atoms with E-state index in [-0.39, 0.29) is 19.2 Å². The Balaban J connectivity index is 2.08. The highest BCUT2D eigenvalue weighted by Crippen LogP contribution is 2.42. The van der Waals surface area contributed by atoms with Gasteiger partial charge in [0.2, 0.25) is 0 Å². The normalized spacial score (nSPS) is 11.8. The number of ether oxygens (including phenoxy) is 2. The molecule has 0 saturated heterocycles. The van der Waals surface area contributed by atoms with Crippen molar-refractivity contribution in [2.75, 3.05) is 26.3 Å². The van der Waals surface area contributed by atoms with E-state index in [4.69, 9.17) is 26.4 Å². The molecule has 0 spiro atoms. The van der Waals surface area contributed by atoms with Gasteiger partial charge in [-0.1, -0.05) is 24.3 Å². The second-order valence-corrected chi connectivity index (χ2v) is 8.53. The summed E-state index contributed by atoms with van der Waals surface area (Å²) in [7, 11) is 0. The van der Waals surface area contributed by atoms with Crippen molar-refractivity contribution < 1.29 is 35.8 Å². The Morgan fingerprint density at radius 2 is 1.15 bits per heavy atom. The lowest BCUT2D eigenvalue weighted by Crippen LogP contribution is -2.31. The highest BCUT2D eigenvalue weighted by atomic mass is 19.4. The number of guanidine groups is 1. The summed E-state index contributed by atoms with van der Waals surface area (Å²) in [5.41, 5.74) is 10.9. The van der Waals surface area contributed by atoms with Crippen LogP contribution in [0.4, 0.5) is 26.3 Å². The summed E-state index contributed by atoms with van der Waals surface area (Å²) in [6.45, 7) is 1.11. The minimum atomic E-state index is -4.52. The molecular formula is C27H28F6N4O2. The first-order valence-corrected chi connectivity index (χ1v) is 12.0. The maximum absolute atomic E-state index is 13.1. The van der Waals surface area contributed by atoms with Crippen LogP contribution in [-0.4, -0.2) is 32.3 Å². The Morgan fingerprint density at radius 1 is 0.718 bits per heavy atom. The summed E-state index contributed by atoms with van der Waals surface area (Å²) in [4.78, 5) is 0. The van der Waals surface area contributed by atoms with E-state index in [1.807, 2.05) is 0 Å². The minimum Gasteiger partial charge on any atom is -0.493 e. The van der Waals surface area contributed by atoms with Crippen LogP contribution >= 0.6 is 0 Å². The molecule has 12 heteroatoms. The van der Waals surface area contributed by atoms with Crippen molar-refractivity contribution in [2.45, 2.75) is 25.2 Å². The molecule has 0 radical (unpaired) electrons. The first-order valence-electron chi connectivity index (χ1n) is 12.0. The molecule has 0 bridgehead atoms. The van der Waals surface area contributed by atoms with Crippen molar-refractivity contribution in [3.05, 3.63) is 71.8 Å². The number of nitrogens with one attached hydrogen (secondary N) is 2. The fraction of sp³-hybridized carbons (Fsp3) is 0.296. The van der Waals surface area contributed by atoms with Crippen molar-refractivity contribution in [3.8, 4) is 33.8 Å². The Bertz CT molecular complexity index is 1240. The molecule has 0 amide bonds. The van der Waals surface area contributed by atoms with Crippen molar-refractivity contribution in [3.63, 3.8) is 0 Å². The van der Waals surface area contributed by atoms with Gasteiger partial charge in [-0.15, -0.1) is 0 Å². The Hall–Kier alpha value is -3.93. The second-order valence-electron chi connectivity index (χ2n) is 8.53. The van der Waals surface area contributed by atoms with Gasteiger partial charge in [0.25, 0.3) is 0 Å². The van der Waals surface area contributed by atoms with E-state index in [1.165, 1.54) is 24.3 Å². The number of hydrogen-bond acceptors (Lipinski definition) is 4. The van der Waals surface area contributed by atoms with Gasteiger partial charge in [-0.25, -0.2) is 0 Å². The molecule has 39 heavy (non-hydrogen) atoms. The first-order chi connectivity index (χ1) is 18.4. The maximum atomic E-state index is 13.1. The monoisotopic (exact) mass is 554 g/mol. The first kappa shape index (κ1) is 29.6. The summed E-state index contributed by atoms with van der Waals surface area (Å²) in [6, 6.07) is 12.2.